The number of fused-ring (bicyclic) bond motifs is 2. The first-order valence-electron chi connectivity index (χ1n) is 12.2. The first kappa shape index (κ1) is 25.1. The Balaban J connectivity index is 1.49. The van der Waals surface area contributed by atoms with Gasteiger partial charge in [-0.05, 0) is 63.8 Å². The maximum Gasteiger partial charge on any atom is 0.412 e. The minimum absolute atomic E-state index is 0.170. The van der Waals surface area contributed by atoms with Crippen molar-refractivity contribution in [2.45, 2.75) is 62.9 Å². The van der Waals surface area contributed by atoms with Gasteiger partial charge in [0.25, 0.3) is 10.0 Å². The van der Waals surface area contributed by atoms with E-state index in [0.717, 1.165) is 12.8 Å². The molecule has 1 aliphatic heterocycles. The molecule has 1 fully saturated rings. The molecule has 1 amide bonds. The number of hydrogen-bond donors (Lipinski definition) is 2. The van der Waals surface area contributed by atoms with Gasteiger partial charge in [-0.2, -0.15) is 8.42 Å². The van der Waals surface area contributed by atoms with Crippen LogP contribution >= 0.6 is 0 Å². The summed E-state index contributed by atoms with van der Waals surface area (Å²) in [6.45, 7) is 6.98. The number of amides is 1. The lowest BCUT2D eigenvalue weighted by Crippen LogP contribution is -2.51. The number of amidine groups is 1. The quantitative estimate of drug-likeness (QED) is 0.556. The zero-order valence-corrected chi connectivity index (χ0v) is 21.9. The van der Waals surface area contributed by atoms with Crippen LogP contribution in [-0.4, -0.2) is 37.5 Å². The molecule has 0 saturated heterocycles. The van der Waals surface area contributed by atoms with E-state index in [2.05, 4.69) is 15.0 Å². The number of Topliss-reactive ketones (excluding diaryl/α,β-unsaturated/α-hetero) is 2. The number of nitrogens with zero attached hydrogens (tertiary/aromatic N) is 1. The first-order chi connectivity index (χ1) is 17.3. The Hall–Kier alpha value is -3.53. The molecule has 1 heterocycles. The maximum absolute atomic E-state index is 13.9. The number of sulfonamides is 1. The molecule has 2 atom stereocenters. The van der Waals surface area contributed by atoms with Crippen molar-refractivity contribution in [2.75, 3.05) is 10.6 Å². The van der Waals surface area contributed by atoms with Gasteiger partial charge in [-0.15, -0.1) is 4.40 Å². The van der Waals surface area contributed by atoms with Crippen LogP contribution in [0.15, 0.2) is 51.8 Å². The van der Waals surface area contributed by atoms with Crippen molar-refractivity contribution in [3.63, 3.8) is 0 Å². The summed E-state index contributed by atoms with van der Waals surface area (Å²) in [5.74, 6) is -1.98. The minimum Gasteiger partial charge on any atom is -0.444 e. The summed E-state index contributed by atoms with van der Waals surface area (Å²) in [5.41, 5.74) is -0.177. The number of rotatable bonds is 4. The Morgan fingerprint density at radius 3 is 2.54 bits per heavy atom. The standard InChI is InChI=1S/C27H29N3O6S/c1-26(2,3)36-25(33)28-16-11-12-19-20(13-16)37(34,35)30-24(29-19)21-22(31)17-7-5-6-8-18(17)27(4,23(21)32)14-15-9-10-15/h5-8,11-13,15,21H,9-10,14H2,1-4H3,(H,28,33)(H,29,30). The second-order valence-corrected chi connectivity index (χ2v) is 12.7. The summed E-state index contributed by atoms with van der Waals surface area (Å²) in [4.78, 5) is 39.4. The number of ether oxygens (including phenoxy) is 1. The summed E-state index contributed by atoms with van der Waals surface area (Å²) in [6.07, 6.45) is 1.93. The van der Waals surface area contributed by atoms with E-state index >= 15 is 0 Å². The second-order valence-electron chi connectivity index (χ2n) is 11.1. The lowest BCUT2D eigenvalue weighted by atomic mass is 9.63. The monoisotopic (exact) mass is 523 g/mol. The summed E-state index contributed by atoms with van der Waals surface area (Å²) in [6, 6.07) is 11.3. The molecule has 0 bridgehead atoms. The predicted octanol–water partition coefficient (Wildman–Crippen LogP) is 4.69. The van der Waals surface area contributed by atoms with E-state index in [1.54, 1.807) is 32.9 Å². The van der Waals surface area contributed by atoms with E-state index < -0.39 is 38.8 Å². The minimum atomic E-state index is -4.28. The van der Waals surface area contributed by atoms with Crippen LogP contribution in [0.2, 0.25) is 0 Å². The van der Waals surface area contributed by atoms with Crippen LogP contribution in [0.4, 0.5) is 16.2 Å². The van der Waals surface area contributed by atoms with Gasteiger partial charge < -0.3 is 10.1 Å². The van der Waals surface area contributed by atoms with Crippen LogP contribution in [0.1, 0.15) is 62.9 Å². The molecular weight excluding hydrogens is 494 g/mol. The molecule has 5 rings (SSSR count). The Kier molecular flexibility index (Phi) is 5.78. The lowest BCUT2D eigenvalue weighted by Gasteiger charge is -2.38. The molecule has 0 spiro atoms. The smallest absolute Gasteiger partial charge is 0.412 e. The van der Waals surface area contributed by atoms with E-state index in [9.17, 15) is 22.8 Å². The van der Waals surface area contributed by atoms with Crippen LogP contribution < -0.4 is 10.6 Å². The molecule has 2 aromatic carbocycles. The summed E-state index contributed by atoms with van der Waals surface area (Å²) in [5, 5.41) is 5.44. The molecular formula is C27H29N3O6S. The number of ketones is 2. The van der Waals surface area contributed by atoms with E-state index in [-0.39, 0.29) is 27.9 Å². The number of carbonyl (C=O) groups is 3. The molecule has 0 aromatic heterocycles. The van der Waals surface area contributed by atoms with Crippen LogP contribution in [-0.2, 0) is 25.0 Å². The molecule has 37 heavy (non-hydrogen) atoms. The Morgan fingerprint density at radius 1 is 1.16 bits per heavy atom. The van der Waals surface area contributed by atoms with Crippen molar-refractivity contribution in [1.82, 2.24) is 0 Å². The fourth-order valence-electron chi connectivity index (χ4n) is 5.07. The molecule has 9 nitrogen and oxygen atoms in total. The lowest BCUT2D eigenvalue weighted by molar-refractivity contribution is -0.125. The highest BCUT2D eigenvalue weighted by molar-refractivity contribution is 7.90. The molecule has 10 heteroatoms. The number of carbonyl (C=O) groups excluding carboxylic acids is 3. The normalized spacial score (nSPS) is 24.3. The molecule has 1 saturated carbocycles. The van der Waals surface area contributed by atoms with Gasteiger partial charge in [-0.1, -0.05) is 37.1 Å². The maximum atomic E-state index is 13.9. The average molecular weight is 524 g/mol. The van der Waals surface area contributed by atoms with Crippen molar-refractivity contribution >= 4 is 44.9 Å². The van der Waals surface area contributed by atoms with Gasteiger partial charge in [-0.3, -0.25) is 14.9 Å². The molecule has 194 valence electrons. The van der Waals surface area contributed by atoms with E-state index in [4.69, 9.17) is 4.74 Å². The topological polar surface area (TPSA) is 131 Å². The van der Waals surface area contributed by atoms with Crippen molar-refractivity contribution in [1.29, 1.82) is 0 Å². The van der Waals surface area contributed by atoms with Gasteiger partial charge in [0.15, 0.2) is 11.6 Å². The van der Waals surface area contributed by atoms with Gasteiger partial charge in [0, 0.05) is 11.3 Å². The molecule has 2 aromatic rings. The van der Waals surface area contributed by atoms with Gasteiger partial charge in [-0.25, -0.2) is 4.79 Å². The van der Waals surface area contributed by atoms with Crippen molar-refractivity contribution in [3.05, 3.63) is 53.6 Å². The van der Waals surface area contributed by atoms with E-state index in [0.29, 0.717) is 23.5 Å². The zero-order valence-electron chi connectivity index (χ0n) is 21.1. The number of anilines is 2. The molecule has 2 N–H and O–H groups in total. The zero-order chi connectivity index (χ0) is 26.8. The molecule has 2 unspecified atom stereocenters. The summed E-state index contributed by atoms with van der Waals surface area (Å²) >= 11 is 0. The van der Waals surface area contributed by atoms with Crippen LogP contribution in [0, 0.1) is 11.8 Å². The van der Waals surface area contributed by atoms with Crippen molar-refractivity contribution < 1.29 is 27.5 Å². The average Bonchev–Trinajstić information content (AvgIpc) is 3.61. The molecule has 3 aliphatic rings. The fourth-order valence-corrected chi connectivity index (χ4v) is 6.25. The third kappa shape index (κ3) is 4.66. The van der Waals surface area contributed by atoms with E-state index in [1.165, 1.54) is 18.2 Å². The third-order valence-electron chi connectivity index (χ3n) is 6.91. The number of nitrogens with one attached hydrogen (secondary N) is 2. The largest absolute Gasteiger partial charge is 0.444 e. The molecule has 0 radical (unpaired) electrons. The van der Waals surface area contributed by atoms with Crippen LogP contribution in [0.5, 0.6) is 0 Å². The van der Waals surface area contributed by atoms with Crippen molar-refractivity contribution in [3.8, 4) is 0 Å². The van der Waals surface area contributed by atoms with Gasteiger partial charge in [0.05, 0.1) is 11.1 Å². The Morgan fingerprint density at radius 2 is 1.86 bits per heavy atom. The predicted molar refractivity (Wildman–Crippen MR) is 139 cm³/mol. The summed E-state index contributed by atoms with van der Waals surface area (Å²) in [7, 11) is -4.28. The Labute approximate surface area is 215 Å². The highest BCUT2D eigenvalue weighted by atomic mass is 32.2. The highest BCUT2D eigenvalue weighted by Gasteiger charge is 2.53. The van der Waals surface area contributed by atoms with Crippen LogP contribution in [0.25, 0.3) is 0 Å². The number of benzene rings is 2. The first-order valence-corrected chi connectivity index (χ1v) is 13.7. The molecule has 2 aliphatic carbocycles. The van der Waals surface area contributed by atoms with E-state index in [1.807, 2.05) is 19.1 Å². The summed E-state index contributed by atoms with van der Waals surface area (Å²) < 4.78 is 35.5. The Bertz CT molecular complexity index is 1470. The second kappa shape index (κ2) is 8.51. The van der Waals surface area contributed by atoms with Gasteiger partial charge in [0.2, 0.25) is 0 Å². The van der Waals surface area contributed by atoms with Crippen LogP contribution in [0.3, 0.4) is 0 Å². The SMILES string of the molecule is CC(C)(C)OC(=O)Nc1ccc2c(c1)S(=O)(=O)N=C(C1C(=O)c3ccccc3C(C)(CC3CC3)C1=O)N2. The highest BCUT2D eigenvalue weighted by Crippen LogP contribution is 2.47. The van der Waals surface area contributed by atoms with Gasteiger partial charge >= 0.3 is 6.09 Å². The fraction of sp³-hybridized carbons (Fsp3) is 0.407. The van der Waals surface area contributed by atoms with Gasteiger partial charge in [0.1, 0.15) is 22.3 Å². The van der Waals surface area contributed by atoms with Crippen molar-refractivity contribution in [2.24, 2.45) is 16.2 Å². The third-order valence-corrected chi connectivity index (χ3v) is 8.24. The number of hydrogen-bond acceptors (Lipinski definition) is 7.